The molecule has 2 unspecified atom stereocenters. The Bertz CT molecular complexity index is 452. The molecule has 0 radical (unpaired) electrons. The van der Waals surface area contributed by atoms with E-state index in [4.69, 9.17) is 19.5 Å². The van der Waals surface area contributed by atoms with Crippen LogP contribution in [-0.2, 0) is 22.6 Å². The van der Waals surface area contributed by atoms with Gasteiger partial charge in [-0.1, -0.05) is 41.5 Å². The first-order valence-corrected chi connectivity index (χ1v) is 10.7. The zero-order valence-electron chi connectivity index (χ0n) is 15.8. The van der Waals surface area contributed by atoms with E-state index >= 15 is 0 Å². The second-order valence-electron chi connectivity index (χ2n) is 8.92. The number of hydrogen-bond donors (Lipinski definition) is 0. The molecule has 2 aliphatic rings. The predicted octanol–water partition coefficient (Wildman–Crippen LogP) is 5.08. The maximum absolute atomic E-state index is 5.88. The molecule has 0 aromatic rings. The van der Waals surface area contributed by atoms with Crippen LogP contribution < -0.4 is 0 Å². The van der Waals surface area contributed by atoms with Gasteiger partial charge in [0.25, 0.3) is 0 Å². The van der Waals surface area contributed by atoms with Crippen molar-refractivity contribution >= 4 is 32.0 Å². The van der Waals surface area contributed by atoms with E-state index in [9.17, 15) is 0 Å². The van der Waals surface area contributed by atoms with Crippen LogP contribution in [0, 0.1) is 16.2 Å². The van der Waals surface area contributed by atoms with Gasteiger partial charge < -0.3 is 9.47 Å². The van der Waals surface area contributed by atoms with E-state index in [2.05, 4.69) is 75.6 Å². The third-order valence-corrected chi connectivity index (χ3v) is 4.37. The SMILES string of the molecule is CC(C)(C1=NC(C(C)(C)C)CO1)C1=NC(C(C)(C)C)CO1.[Cl][Cu][Cl]. The Hall–Kier alpha value is 0.0395. The fourth-order valence-electron chi connectivity index (χ4n) is 2.41. The van der Waals surface area contributed by atoms with E-state index in [0.29, 0.717) is 13.2 Å². The first-order chi connectivity index (χ1) is 10.8. The van der Waals surface area contributed by atoms with Crippen molar-refractivity contribution in [1.29, 1.82) is 0 Å². The molecule has 145 valence electrons. The molecule has 2 aliphatic heterocycles. The number of ether oxygens (including phenoxy) is 2. The van der Waals surface area contributed by atoms with Crippen molar-refractivity contribution in [2.24, 2.45) is 26.2 Å². The van der Waals surface area contributed by atoms with Crippen LogP contribution >= 0.6 is 20.2 Å². The topological polar surface area (TPSA) is 43.2 Å². The fourth-order valence-corrected chi connectivity index (χ4v) is 2.41. The van der Waals surface area contributed by atoms with E-state index < -0.39 is 0 Å². The predicted molar refractivity (Wildman–Crippen MR) is 98.7 cm³/mol. The zero-order valence-corrected chi connectivity index (χ0v) is 18.3. The Morgan fingerprint density at radius 2 is 1.08 bits per heavy atom. The Morgan fingerprint density at radius 1 is 0.792 bits per heavy atom. The van der Waals surface area contributed by atoms with Crippen LogP contribution in [0.15, 0.2) is 9.98 Å². The van der Waals surface area contributed by atoms with Gasteiger partial charge in [0.05, 0.1) is 12.1 Å². The summed E-state index contributed by atoms with van der Waals surface area (Å²) in [6.45, 7) is 18.6. The third kappa shape index (κ3) is 5.52. The summed E-state index contributed by atoms with van der Waals surface area (Å²) >= 11 is 0.757. The Kier molecular flexibility index (Phi) is 7.51. The molecule has 0 N–H and O–H groups in total. The van der Waals surface area contributed by atoms with Crippen molar-refractivity contribution < 1.29 is 22.6 Å². The minimum atomic E-state index is -0.389. The first-order valence-electron chi connectivity index (χ1n) is 8.07. The van der Waals surface area contributed by atoms with Gasteiger partial charge in [0.1, 0.15) is 18.6 Å². The average molecular weight is 429 g/mol. The van der Waals surface area contributed by atoms with Gasteiger partial charge in [0.2, 0.25) is 0 Å². The normalized spacial score (nSPS) is 24.6. The van der Waals surface area contributed by atoms with E-state index in [-0.39, 0.29) is 28.3 Å². The van der Waals surface area contributed by atoms with Crippen LogP contribution in [0.4, 0.5) is 0 Å². The van der Waals surface area contributed by atoms with Gasteiger partial charge >= 0.3 is 33.3 Å². The average Bonchev–Trinajstić information content (AvgIpc) is 3.08. The molecule has 0 aromatic carbocycles. The second kappa shape index (κ2) is 8.16. The number of hydrogen-bond acceptors (Lipinski definition) is 4. The summed E-state index contributed by atoms with van der Waals surface area (Å²) < 4.78 is 11.8. The molecule has 0 spiro atoms. The molecule has 0 fully saturated rings. The molecule has 0 aliphatic carbocycles. The van der Waals surface area contributed by atoms with Crippen LogP contribution in [0.1, 0.15) is 55.4 Å². The summed E-state index contributed by atoms with van der Waals surface area (Å²) in [5.41, 5.74) is -0.158. The first kappa shape index (κ1) is 22.1. The summed E-state index contributed by atoms with van der Waals surface area (Å²) in [7, 11) is 9.34. The quantitative estimate of drug-likeness (QED) is 0.576. The van der Waals surface area contributed by atoms with Crippen LogP contribution in [0.3, 0.4) is 0 Å². The summed E-state index contributed by atoms with van der Waals surface area (Å²) in [6.07, 6.45) is 0. The molecule has 24 heavy (non-hydrogen) atoms. The molecule has 0 saturated carbocycles. The van der Waals surface area contributed by atoms with Gasteiger partial charge in [-0.25, -0.2) is 9.98 Å². The molecule has 0 amide bonds. The van der Waals surface area contributed by atoms with Crippen molar-refractivity contribution in [2.45, 2.75) is 67.5 Å². The van der Waals surface area contributed by atoms with Crippen molar-refractivity contribution in [3.63, 3.8) is 0 Å². The van der Waals surface area contributed by atoms with Gasteiger partial charge in [-0.05, 0) is 24.7 Å². The molecular weight excluding hydrogens is 399 g/mol. The van der Waals surface area contributed by atoms with Gasteiger partial charge in [0, 0.05) is 0 Å². The van der Waals surface area contributed by atoms with Crippen molar-refractivity contribution in [3.05, 3.63) is 0 Å². The Morgan fingerprint density at radius 3 is 1.29 bits per heavy atom. The van der Waals surface area contributed by atoms with Gasteiger partial charge in [-0.15, -0.1) is 0 Å². The maximum atomic E-state index is 5.88. The number of halogens is 2. The Labute approximate surface area is 161 Å². The van der Waals surface area contributed by atoms with Crippen LogP contribution in [0.2, 0.25) is 0 Å². The van der Waals surface area contributed by atoms with Gasteiger partial charge in [-0.2, -0.15) is 0 Å². The van der Waals surface area contributed by atoms with Gasteiger partial charge in [0.15, 0.2) is 11.8 Å². The molecular formula is C17H30Cl2CuN2O2. The molecule has 0 aromatic heterocycles. The summed E-state index contributed by atoms with van der Waals surface area (Å²) in [4.78, 5) is 9.59. The summed E-state index contributed by atoms with van der Waals surface area (Å²) in [5, 5.41) is 0. The summed E-state index contributed by atoms with van der Waals surface area (Å²) in [5.74, 6) is 1.52. The number of aliphatic imine (C=N–C) groups is 2. The molecule has 7 heteroatoms. The van der Waals surface area contributed by atoms with Crippen molar-refractivity contribution in [1.82, 2.24) is 0 Å². The second-order valence-corrected chi connectivity index (χ2v) is 10.5. The Balaban J connectivity index is 0.000000891. The van der Waals surface area contributed by atoms with E-state index in [1.54, 1.807) is 0 Å². The molecule has 2 atom stereocenters. The standard InChI is InChI=1S/C17H30N2O2.2ClH.Cu/c1-15(2,3)11-9-20-13(18-11)17(7,8)14-19-12(10-21-14)16(4,5)6;;;/h11-12H,9-10H2,1-8H3;2*1H;/q;;;+2/p-2. The molecule has 2 heterocycles. The van der Waals surface area contributed by atoms with Gasteiger partial charge in [-0.3, -0.25) is 0 Å². The van der Waals surface area contributed by atoms with E-state index in [1.165, 1.54) is 0 Å². The molecule has 2 rings (SSSR count). The molecule has 4 nitrogen and oxygen atoms in total. The van der Waals surface area contributed by atoms with Crippen molar-refractivity contribution in [2.75, 3.05) is 13.2 Å². The van der Waals surface area contributed by atoms with E-state index in [0.717, 1.165) is 24.9 Å². The number of nitrogens with zero attached hydrogens (tertiary/aromatic N) is 2. The van der Waals surface area contributed by atoms with Crippen molar-refractivity contribution in [3.8, 4) is 0 Å². The fraction of sp³-hybridized carbons (Fsp3) is 0.882. The zero-order chi connectivity index (χ0) is 18.8. The third-order valence-electron chi connectivity index (χ3n) is 4.37. The molecule has 0 bridgehead atoms. The van der Waals surface area contributed by atoms with E-state index in [1.807, 2.05) is 0 Å². The molecule has 0 saturated heterocycles. The van der Waals surface area contributed by atoms with Crippen LogP contribution in [0.25, 0.3) is 0 Å². The number of rotatable bonds is 2. The summed E-state index contributed by atoms with van der Waals surface area (Å²) in [6, 6.07) is 0.402. The monoisotopic (exact) mass is 427 g/mol. The van der Waals surface area contributed by atoms with Crippen LogP contribution in [-0.4, -0.2) is 37.1 Å². The minimum absolute atomic E-state index is 0.115. The van der Waals surface area contributed by atoms with Crippen LogP contribution in [0.5, 0.6) is 0 Å².